The molecule has 0 saturated heterocycles. The second kappa shape index (κ2) is 376. The first-order valence-corrected chi connectivity index (χ1v) is 0.577. The molecule has 0 heterocycles. The Labute approximate surface area is 23.6 Å². The molecule has 0 aliphatic rings. The molecule has 0 aromatic carbocycles. The summed E-state index contributed by atoms with van der Waals surface area (Å²) in [6.45, 7) is 0. The lowest BCUT2D eigenvalue weighted by Gasteiger charge is -1.52. The first kappa shape index (κ1) is 9.15. The molecule has 4 nitrogen and oxygen atoms in total. The molecule has 0 aromatic rings. The highest BCUT2D eigenvalue weighted by atomic mass is 16.4. The second-order valence-corrected chi connectivity index (χ2v) is 0. The van der Waals surface area contributed by atoms with Gasteiger partial charge in [-0.15, -0.1) is 0 Å². The largest absolute Gasteiger partial charge is 0.637 e. The van der Waals surface area contributed by atoms with E-state index in [9.17, 15) is 0 Å². The summed E-state index contributed by atoms with van der Waals surface area (Å²) < 4.78 is 0. The lowest BCUT2D eigenvalue weighted by atomic mass is 13.6. The van der Waals surface area contributed by atoms with E-state index < -0.39 is 0 Å². The maximum absolute atomic E-state index is 8.00. The minimum Gasteiger partial charge on any atom is -0.637 e. The Morgan fingerprint density at radius 3 is 0.750 bits per heavy atom. The standard InChI is InChI=1S/2H3NO/c2*1-2/h2*1H3. The summed E-state index contributed by atoms with van der Waals surface area (Å²) in [6.07, 6.45) is 0. The summed E-state index contributed by atoms with van der Waals surface area (Å²) in [6, 6.07) is 0. The maximum atomic E-state index is 8.00. The lowest BCUT2D eigenvalue weighted by Crippen LogP contribution is -2.37. The van der Waals surface area contributed by atoms with Crippen LogP contribution in [-0.2, 0) is 0 Å². The van der Waals surface area contributed by atoms with Gasteiger partial charge in [0.1, 0.15) is 0 Å². The van der Waals surface area contributed by atoms with E-state index in [1.165, 1.54) is 0 Å². The first-order valence-electron chi connectivity index (χ1n) is 0.577. The predicted octanol–water partition coefficient (Wildman–Crippen LogP) is -2.55. The minimum absolute atomic E-state index is 2.00. The van der Waals surface area contributed by atoms with Gasteiger partial charge in [0.15, 0.2) is 0 Å². The summed E-state index contributed by atoms with van der Waals surface area (Å²) in [5.74, 6) is 4.00. The lowest BCUT2D eigenvalue weighted by molar-refractivity contribution is -0.275. The van der Waals surface area contributed by atoms with Gasteiger partial charge in [-0.05, 0) is 0 Å². The molecule has 0 unspecified atom stereocenters. The highest BCUT2D eigenvalue weighted by Gasteiger charge is 0.492. The third kappa shape index (κ3) is 50.7. The van der Waals surface area contributed by atoms with Gasteiger partial charge < -0.3 is 22.2 Å². The second-order valence-electron chi connectivity index (χ2n) is 0. The van der Waals surface area contributed by atoms with Crippen molar-refractivity contribution in [2.24, 2.45) is 0 Å². The van der Waals surface area contributed by atoms with Crippen LogP contribution in [0.15, 0.2) is 0 Å². The van der Waals surface area contributed by atoms with Gasteiger partial charge in [0, 0.05) is 0 Å². The van der Waals surface area contributed by atoms with Crippen molar-refractivity contribution >= 4 is 0 Å². The Hall–Kier alpha value is -0.160. The zero-order valence-electron chi connectivity index (χ0n) is 2.23. The van der Waals surface area contributed by atoms with Crippen LogP contribution in [0.4, 0.5) is 0 Å². The minimum atomic E-state index is 2.00. The zero-order valence-corrected chi connectivity index (χ0v) is 2.23. The van der Waals surface area contributed by atoms with E-state index in [0.29, 0.717) is 0 Å². The summed E-state index contributed by atoms with van der Waals surface area (Å²) in [4.78, 5) is 0. The highest BCUT2D eigenvalue weighted by Crippen LogP contribution is 0.452. The van der Waals surface area contributed by atoms with E-state index in [4.69, 9.17) is 10.4 Å². The number of rotatable bonds is 0. The van der Waals surface area contributed by atoms with Crippen LogP contribution in [0, 0.1) is 10.4 Å². The fourth-order valence-corrected chi connectivity index (χ4v) is 0. The normalized spacial score (nSPS) is 3.00. The van der Waals surface area contributed by atoms with Gasteiger partial charge in [0.25, 0.3) is 0 Å². The van der Waals surface area contributed by atoms with E-state index in [0.717, 1.165) is 0 Å². The van der Waals surface area contributed by atoms with Crippen molar-refractivity contribution in [1.29, 1.82) is 0 Å². The van der Waals surface area contributed by atoms with Gasteiger partial charge in [-0.1, -0.05) is 0 Å². The van der Waals surface area contributed by atoms with E-state index in [1.807, 2.05) is 11.8 Å². The Morgan fingerprint density at radius 2 is 0.750 bits per heavy atom. The van der Waals surface area contributed by atoms with Crippen molar-refractivity contribution in [2.75, 3.05) is 0 Å². The SMILES string of the molecule is [NH3+][O-].[NH3+][O-]. The molecule has 0 aliphatic carbocycles. The molecular weight excluding hydrogens is 60.0 g/mol. The van der Waals surface area contributed by atoms with E-state index in [2.05, 4.69) is 0 Å². The van der Waals surface area contributed by atoms with Crippen LogP contribution in [0.3, 0.4) is 0 Å². The van der Waals surface area contributed by atoms with Crippen molar-refractivity contribution in [3.05, 3.63) is 10.4 Å². The first-order chi connectivity index (χ1) is 2.00. The summed E-state index contributed by atoms with van der Waals surface area (Å²) in [5.41, 5.74) is 0. The number of hydrogen-bond donors (Lipinski definition) is 2. The van der Waals surface area contributed by atoms with Crippen molar-refractivity contribution in [3.8, 4) is 0 Å². The molecule has 0 saturated carbocycles. The van der Waals surface area contributed by atoms with Gasteiger partial charge in [0.05, 0.1) is 0 Å². The molecule has 0 aromatic heterocycles. The van der Waals surface area contributed by atoms with Crippen LogP contribution in [-0.4, -0.2) is 0 Å². The van der Waals surface area contributed by atoms with Crippen molar-refractivity contribution < 1.29 is 11.8 Å². The van der Waals surface area contributed by atoms with Crippen LogP contribution in [0.5, 0.6) is 0 Å². The van der Waals surface area contributed by atoms with Gasteiger partial charge in [-0.2, -0.15) is 0 Å². The molecule has 0 fully saturated rings. The third-order valence-corrected chi connectivity index (χ3v) is 0. The highest BCUT2D eigenvalue weighted by molar-refractivity contribution is 3.64. The molecule has 0 aliphatic heterocycles. The van der Waals surface area contributed by atoms with Crippen LogP contribution < -0.4 is 11.8 Å². The van der Waals surface area contributed by atoms with E-state index in [1.54, 1.807) is 0 Å². The molecule has 28 valence electrons. The summed E-state index contributed by atoms with van der Waals surface area (Å²) in [5, 5.41) is 16.0. The number of hydrogen-bond acceptors (Lipinski definition) is 2. The van der Waals surface area contributed by atoms with Crippen molar-refractivity contribution in [2.45, 2.75) is 0 Å². The summed E-state index contributed by atoms with van der Waals surface area (Å²) in [7, 11) is 0. The van der Waals surface area contributed by atoms with E-state index in [-0.39, 0.29) is 0 Å². The molecular formula is H6N2O2. The molecule has 0 atom stereocenters. The average Bonchev–Trinajstić information content (AvgIpc) is 1.50. The number of quaternary nitrogens is 2. The topological polar surface area (TPSA) is 101 Å². The monoisotopic (exact) mass is 66.0 g/mol. The molecule has 6 N–H and O–H groups in total. The molecule has 4 heteroatoms. The molecule has 0 spiro atoms. The Bertz CT molecular complexity index is 4.00. The average molecular weight is 66.1 g/mol. The van der Waals surface area contributed by atoms with Crippen molar-refractivity contribution in [3.63, 3.8) is 0 Å². The Kier molecular flexibility index (Phi) is 859. The van der Waals surface area contributed by atoms with Crippen LogP contribution in [0.1, 0.15) is 0 Å². The van der Waals surface area contributed by atoms with E-state index >= 15 is 0 Å². The maximum Gasteiger partial charge on any atom is -0.397 e. The van der Waals surface area contributed by atoms with Crippen LogP contribution >= 0.6 is 0 Å². The quantitative estimate of drug-likeness (QED) is 0.304. The molecule has 0 rings (SSSR count). The molecule has 0 amide bonds. The molecule has 0 bridgehead atoms. The van der Waals surface area contributed by atoms with Crippen LogP contribution in [0.25, 0.3) is 0 Å². The third-order valence-electron chi connectivity index (χ3n) is 0. The predicted molar refractivity (Wildman–Crippen MR) is 12.5 cm³/mol. The molecule has 4 heavy (non-hydrogen) atoms. The van der Waals surface area contributed by atoms with Gasteiger partial charge in [-0.25, -0.2) is 0 Å². The Balaban J connectivity index is 0. The fourth-order valence-electron chi connectivity index (χ4n) is 0. The zero-order chi connectivity index (χ0) is 4.00. The van der Waals surface area contributed by atoms with Crippen molar-refractivity contribution in [1.82, 2.24) is 0 Å². The van der Waals surface area contributed by atoms with Gasteiger partial charge >= 0.3 is 0 Å². The summed E-state index contributed by atoms with van der Waals surface area (Å²) >= 11 is 0. The fraction of sp³-hybridized carbons (Fsp3) is 0. The van der Waals surface area contributed by atoms with Gasteiger partial charge in [-0.3, -0.25) is 0 Å². The van der Waals surface area contributed by atoms with Crippen LogP contribution in [0.2, 0.25) is 0 Å². The molecule has 0 radical (unpaired) electrons. The smallest absolute Gasteiger partial charge is 0.397 e. The van der Waals surface area contributed by atoms with Gasteiger partial charge in [0.2, 0.25) is 0 Å². The Morgan fingerprint density at radius 1 is 0.750 bits per heavy atom.